The summed E-state index contributed by atoms with van der Waals surface area (Å²) in [7, 11) is 0. The highest BCUT2D eigenvalue weighted by molar-refractivity contribution is 5.62. The van der Waals surface area contributed by atoms with Crippen LogP contribution < -0.4 is 4.90 Å². The molecule has 1 aliphatic heterocycles. The van der Waals surface area contributed by atoms with Crippen LogP contribution in [0.1, 0.15) is 11.6 Å². The van der Waals surface area contributed by atoms with Crippen LogP contribution in [0.3, 0.4) is 0 Å². The van der Waals surface area contributed by atoms with E-state index in [0.29, 0.717) is 0 Å². The Kier molecular flexibility index (Phi) is 3.07. The molecule has 22 heavy (non-hydrogen) atoms. The molecule has 0 radical (unpaired) electrons. The third-order valence-electron chi connectivity index (χ3n) is 3.81. The molecule has 4 rings (SSSR count). The van der Waals surface area contributed by atoms with Gasteiger partial charge in [-0.05, 0) is 6.92 Å². The van der Waals surface area contributed by atoms with Gasteiger partial charge >= 0.3 is 0 Å². The molecule has 3 heterocycles. The summed E-state index contributed by atoms with van der Waals surface area (Å²) in [4.78, 5) is 15.5. The van der Waals surface area contributed by atoms with Crippen molar-refractivity contribution < 1.29 is 0 Å². The fraction of sp³-hybridized carbons (Fsp3) is 0.250. The SMILES string of the molecule is Cc1nc2n(n1)CCN(c1cc(-c3ccccc3)ncn1)C2. The molecule has 0 spiro atoms. The van der Waals surface area contributed by atoms with Crippen molar-refractivity contribution in [3.63, 3.8) is 0 Å². The van der Waals surface area contributed by atoms with Crippen molar-refractivity contribution in [2.75, 3.05) is 11.4 Å². The minimum absolute atomic E-state index is 0.728. The Morgan fingerprint density at radius 1 is 1.05 bits per heavy atom. The molecule has 0 amide bonds. The van der Waals surface area contributed by atoms with Gasteiger partial charge in [-0.1, -0.05) is 30.3 Å². The molecule has 0 fully saturated rings. The van der Waals surface area contributed by atoms with Crippen LogP contribution >= 0.6 is 0 Å². The largest absolute Gasteiger partial charge is 0.347 e. The minimum Gasteiger partial charge on any atom is -0.347 e. The molecular formula is C16H16N6. The molecule has 0 N–H and O–H groups in total. The number of benzene rings is 1. The lowest BCUT2D eigenvalue weighted by atomic mass is 10.1. The molecule has 6 nitrogen and oxygen atoms in total. The van der Waals surface area contributed by atoms with Crippen molar-refractivity contribution >= 4 is 5.82 Å². The second kappa shape index (κ2) is 5.22. The van der Waals surface area contributed by atoms with E-state index in [1.165, 1.54) is 0 Å². The van der Waals surface area contributed by atoms with Crippen LogP contribution in [0.25, 0.3) is 11.3 Å². The van der Waals surface area contributed by atoms with Crippen molar-refractivity contribution in [2.45, 2.75) is 20.0 Å². The summed E-state index contributed by atoms with van der Waals surface area (Å²) in [5, 5.41) is 4.39. The minimum atomic E-state index is 0.728. The summed E-state index contributed by atoms with van der Waals surface area (Å²) in [6, 6.07) is 12.2. The van der Waals surface area contributed by atoms with E-state index in [4.69, 9.17) is 0 Å². The zero-order valence-electron chi connectivity index (χ0n) is 12.3. The van der Waals surface area contributed by atoms with E-state index in [1.807, 2.05) is 35.9 Å². The number of aryl methyl sites for hydroxylation is 1. The molecule has 6 heteroatoms. The third-order valence-corrected chi connectivity index (χ3v) is 3.81. The first-order chi connectivity index (χ1) is 10.8. The Balaban J connectivity index is 1.64. The van der Waals surface area contributed by atoms with Gasteiger partial charge in [-0.15, -0.1) is 0 Å². The van der Waals surface area contributed by atoms with E-state index in [1.54, 1.807) is 6.33 Å². The van der Waals surface area contributed by atoms with E-state index in [2.05, 4.69) is 37.1 Å². The summed E-state index contributed by atoms with van der Waals surface area (Å²) in [6.07, 6.45) is 1.63. The maximum atomic E-state index is 4.47. The van der Waals surface area contributed by atoms with Gasteiger partial charge in [-0.3, -0.25) is 0 Å². The molecule has 0 atom stereocenters. The molecular weight excluding hydrogens is 276 g/mol. The zero-order chi connectivity index (χ0) is 14.9. The predicted molar refractivity (Wildman–Crippen MR) is 83.3 cm³/mol. The summed E-state index contributed by atoms with van der Waals surface area (Å²) in [5.74, 6) is 2.74. The highest BCUT2D eigenvalue weighted by Gasteiger charge is 2.20. The number of aromatic nitrogens is 5. The van der Waals surface area contributed by atoms with Gasteiger partial charge < -0.3 is 4.90 Å². The number of hydrogen-bond donors (Lipinski definition) is 0. The van der Waals surface area contributed by atoms with Gasteiger partial charge in [-0.25, -0.2) is 19.6 Å². The van der Waals surface area contributed by atoms with Crippen LogP contribution in [0.5, 0.6) is 0 Å². The number of nitrogens with zero attached hydrogens (tertiary/aromatic N) is 6. The van der Waals surface area contributed by atoms with Gasteiger partial charge in [0, 0.05) is 18.2 Å². The van der Waals surface area contributed by atoms with Gasteiger partial charge in [0.2, 0.25) is 0 Å². The second-order valence-corrected chi connectivity index (χ2v) is 5.35. The van der Waals surface area contributed by atoms with E-state index >= 15 is 0 Å². The fourth-order valence-corrected chi connectivity index (χ4v) is 2.74. The van der Waals surface area contributed by atoms with E-state index in [0.717, 1.165) is 48.4 Å². The zero-order valence-corrected chi connectivity index (χ0v) is 12.3. The average Bonchev–Trinajstić information content (AvgIpc) is 2.95. The van der Waals surface area contributed by atoms with Gasteiger partial charge in [0.15, 0.2) is 0 Å². The van der Waals surface area contributed by atoms with Crippen LogP contribution in [0, 0.1) is 6.92 Å². The van der Waals surface area contributed by atoms with Crippen molar-refractivity contribution in [1.29, 1.82) is 0 Å². The quantitative estimate of drug-likeness (QED) is 0.723. The topological polar surface area (TPSA) is 59.7 Å². The first-order valence-electron chi connectivity index (χ1n) is 7.32. The van der Waals surface area contributed by atoms with Gasteiger partial charge in [0.1, 0.15) is 23.8 Å². The van der Waals surface area contributed by atoms with E-state index in [9.17, 15) is 0 Å². The van der Waals surface area contributed by atoms with Crippen LogP contribution in [0.15, 0.2) is 42.7 Å². The molecule has 0 bridgehead atoms. The monoisotopic (exact) mass is 292 g/mol. The van der Waals surface area contributed by atoms with Gasteiger partial charge in [0.05, 0.1) is 18.8 Å². The molecule has 0 unspecified atom stereocenters. The smallest absolute Gasteiger partial charge is 0.147 e. The number of rotatable bonds is 2. The van der Waals surface area contributed by atoms with Crippen molar-refractivity contribution in [3.8, 4) is 11.3 Å². The molecule has 0 saturated heterocycles. The highest BCUT2D eigenvalue weighted by Crippen LogP contribution is 2.22. The highest BCUT2D eigenvalue weighted by atomic mass is 15.4. The Morgan fingerprint density at radius 3 is 2.77 bits per heavy atom. The Labute approximate surface area is 128 Å². The van der Waals surface area contributed by atoms with Crippen LogP contribution in [-0.4, -0.2) is 31.3 Å². The lowest BCUT2D eigenvalue weighted by Crippen LogP contribution is -2.34. The fourth-order valence-electron chi connectivity index (χ4n) is 2.74. The maximum Gasteiger partial charge on any atom is 0.147 e. The van der Waals surface area contributed by atoms with Crippen LogP contribution in [0.2, 0.25) is 0 Å². The first kappa shape index (κ1) is 12.9. The normalized spacial score (nSPS) is 14.0. The maximum absolute atomic E-state index is 4.47. The van der Waals surface area contributed by atoms with Crippen molar-refractivity contribution in [3.05, 3.63) is 54.4 Å². The van der Waals surface area contributed by atoms with Crippen molar-refractivity contribution in [2.24, 2.45) is 0 Å². The Morgan fingerprint density at radius 2 is 1.91 bits per heavy atom. The predicted octanol–water partition coefficient (Wildman–Crippen LogP) is 2.06. The van der Waals surface area contributed by atoms with Gasteiger partial charge in [-0.2, -0.15) is 5.10 Å². The van der Waals surface area contributed by atoms with Crippen molar-refractivity contribution in [1.82, 2.24) is 24.7 Å². The summed E-state index contributed by atoms with van der Waals surface area (Å²) < 4.78 is 1.98. The number of anilines is 1. The molecule has 3 aromatic rings. The summed E-state index contributed by atoms with van der Waals surface area (Å²) >= 11 is 0. The summed E-state index contributed by atoms with van der Waals surface area (Å²) in [5.41, 5.74) is 2.04. The Bertz CT molecular complexity index is 795. The Hall–Kier alpha value is -2.76. The van der Waals surface area contributed by atoms with Gasteiger partial charge in [0.25, 0.3) is 0 Å². The molecule has 2 aromatic heterocycles. The van der Waals surface area contributed by atoms with E-state index in [-0.39, 0.29) is 0 Å². The lowest BCUT2D eigenvalue weighted by Gasteiger charge is -2.27. The lowest BCUT2D eigenvalue weighted by molar-refractivity contribution is 0.509. The first-order valence-corrected chi connectivity index (χ1v) is 7.32. The second-order valence-electron chi connectivity index (χ2n) is 5.35. The molecule has 0 aliphatic carbocycles. The van der Waals surface area contributed by atoms with E-state index < -0.39 is 0 Å². The van der Waals surface area contributed by atoms with Crippen LogP contribution in [0.4, 0.5) is 5.82 Å². The molecule has 1 aromatic carbocycles. The molecule has 1 aliphatic rings. The number of fused-ring (bicyclic) bond motifs is 1. The standard InChI is InChI=1S/C16H16N6/c1-12-19-16-10-21(7-8-22(16)20-12)15-9-14(17-11-18-15)13-5-3-2-4-6-13/h2-6,9,11H,7-8,10H2,1H3. The number of hydrogen-bond acceptors (Lipinski definition) is 5. The van der Waals surface area contributed by atoms with Crippen LogP contribution in [-0.2, 0) is 13.1 Å². The molecule has 0 saturated carbocycles. The summed E-state index contributed by atoms with van der Waals surface area (Å²) in [6.45, 7) is 4.36. The third kappa shape index (κ3) is 2.32. The average molecular weight is 292 g/mol. The molecule has 110 valence electrons.